The van der Waals surface area contributed by atoms with E-state index >= 15 is 0 Å². The van der Waals surface area contributed by atoms with Gasteiger partial charge in [0.25, 0.3) is 0 Å². The van der Waals surface area contributed by atoms with E-state index in [9.17, 15) is 10.2 Å². The predicted molar refractivity (Wildman–Crippen MR) is 75.7 cm³/mol. The van der Waals surface area contributed by atoms with Crippen molar-refractivity contribution in [1.82, 2.24) is 4.90 Å². The smallest absolute Gasteiger partial charge is 0.100 e. The minimum atomic E-state index is -0.936. The van der Waals surface area contributed by atoms with Crippen LogP contribution < -0.4 is 0 Å². The number of piperidine rings is 1. The van der Waals surface area contributed by atoms with Gasteiger partial charge < -0.3 is 10.2 Å². The fourth-order valence-corrected chi connectivity index (χ4v) is 2.80. The predicted octanol–water partition coefficient (Wildman–Crippen LogP) is 2.55. The van der Waals surface area contributed by atoms with Gasteiger partial charge in [0.05, 0.1) is 6.10 Å². The number of hydrogen-bond acceptors (Lipinski definition) is 3. The van der Waals surface area contributed by atoms with Gasteiger partial charge in [-0.2, -0.15) is 0 Å². The number of likely N-dealkylation sites (tertiary alicyclic amines) is 1. The largest absolute Gasteiger partial charge is 0.390 e. The Labute approximate surface area is 112 Å². The molecule has 0 bridgehead atoms. The molecule has 1 aliphatic rings. The maximum Gasteiger partial charge on any atom is 0.100 e. The molecule has 0 aliphatic carbocycles. The third kappa shape index (κ3) is 4.87. The molecule has 3 heteroatoms. The summed E-state index contributed by atoms with van der Waals surface area (Å²) in [6, 6.07) is 0.519. The van der Waals surface area contributed by atoms with Crippen LogP contribution in [0, 0.1) is 0 Å². The van der Waals surface area contributed by atoms with Crippen molar-refractivity contribution in [3.63, 3.8) is 0 Å². The molecule has 0 aromatic carbocycles. The molecular formula is C15H31NO2. The van der Waals surface area contributed by atoms with Gasteiger partial charge in [-0.05, 0) is 26.7 Å². The maximum atomic E-state index is 10.1. The van der Waals surface area contributed by atoms with Crippen LogP contribution in [-0.4, -0.2) is 45.9 Å². The van der Waals surface area contributed by atoms with Crippen LogP contribution in [0.15, 0.2) is 0 Å². The summed E-state index contributed by atoms with van der Waals surface area (Å²) in [4.78, 5) is 2.33. The molecule has 18 heavy (non-hydrogen) atoms. The Morgan fingerprint density at radius 2 is 1.94 bits per heavy atom. The fourth-order valence-electron chi connectivity index (χ4n) is 2.80. The highest BCUT2D eigenvalue weighted by atomic mass is 16.3. The number of nitrogens with zero attached hydrogens (tertiary/aromatic N) is 1. The summed E-state index contributed by atoms with van der Waals surface area (Å²) in [7, 11) is 0. The van der Waals surface area contributed by atoms with E-state index in [1.807, 2.05) is 0 Å². The highest BCUT2D eigenvalue weighted by Crippen LogP contribution is 2.24. The van der Waals surface area contributed by atoms with Crippen LogP contribution in [0.4, 0.5) is 0 Å². The Morgan fingerprint density at radius 3 is 2.56 bits per heavy atom. The van der Waals surface area contributed by atoms with E-state index in [-0.39, 0.29) is 0 Å². The Kier molecular flexibility index (Phi) is 6.61. The lowest BCUT2D eigenvalue weighted by atomic mass is 9.90. The van der Waals surface area contributed by atoms with Gasteiger partial charge in [0, 0.05) is 19.1 Å². The minimum Gasteiger partial charge on any atom is -0.390 e. The van der Waals surface area contributed by atoms with Gasteiger partial charge in [-0.15, -0.1) is 0 Å². The first-order valence-electron chi connectivity index (χ1n) is 7.62. The van der Waals surface area contributed by atoms with Crippen LogP contribution in [0.5, 0.6) is 0 Å². The van der Waals surface area contributed by atoms with E-state index < -0.39 is 11.7 Å². The summed E-state index contributed by atoms with van der Waals surface area (Å²) < 4.78 is 0. The van der Waals surface area contributed by atoms with Crippen molar-refractivity contribution in [3.8, 4) is 0 Å². The molecule has 1 heterocycles. The molecule has 0 amide bonds. The van der Waals surface area contributed by atoms with E-state index in [0.29, 0.717) is 19.0 Å². The highest BCUT2D eigenvalue weighted by Gasteiger charge is 2.37. The third-order valence-electron chi connectivity index (χ3n) is 4.28. The zero-order valence-corrected chi connectivity index (χ0v) is 12.4. The second kappa shape index (κ2) is 7.46. The SMILES string of the molecule is CCCCCCCC(C)N1CCC(O)C(C)(O)C1. The molecule has 3 nitrogen and oxygen atoms in total. The first-order valence-corrected chi connectivity index (χ1v) is 7.62. The van der Waals surface area contributed by atoms with Gasteiger partial charge in [0.15, 0.2) is 0 Å². The summed E-state index contributed by atoms with van der Waals surface area (Å²) in [5, 5.41) is 19.8. The van der Waals surface area contributed by atoms with E-state index in [1.165, 1.54) is 38.5 Å². The summed E-state index contributed by atoms with van der Waals surface area (Å²) in [6.45, 7) is 7.74. The zero-order valence-electron chi connectivity index (χ0n) is 12.4. The van der Waals surface area contributed by atoms with Gasteiger partial charge in [-0.25, -0.2) is 0 Å². The number of aliphatic hydroxyl groups is 2. The molecule has 108 valence electrons. The van der Waals surface area contributed by atoms with Crippen LogP contribution >= 0.6 is 0 Å². The molecule has 1 rings (SSSR count). The maximum absolute atomic E-state index is 10.1. The Hall–Kier alpha value is -0.120. The summed E-state index contributed by atoms with van der Waals surface area (Å²) >= 11 is 0. The van der Waals surface area contributed by atoms with Crippen molar-refractivity contribution in [2.24, 2.45) is 0 Å². The standard InChI is InChI=1S/C15H31NO2/c1-4-5-6-7-8-9-13(2)16-11-10-14(17)15(3,18)12-16/h13-14,17-18H,4-12H2,1-3H3. The molecular weight excluding hydrogens is 226 g/mol. The molecule has 1 saturated heterocycles. The van der Waals surface area contributed by atoms with Crippen molar-refractivity contribution in [1.29, 1.82) is 0 Å². The lowest BCUT2D eigenvalue weighted by Crippen LogP contribution is -2.57. The van der Waals surface area contributed by atoms with Crippen molar-refractivity contribution >= 4 is 0 Å². The van der Waals surface area contributed by atoms with Crippen LogP contribution in [-0.2, 0) is 0 Å². The molecule has 3 unspecified atom stereocenters. The van der Waals surface area contributed by atoms with Crippen LogP contribution in [0.3, 0.4) is 0 Å². The fraction of sp³-hybridized carbons (Fsp3) is 1.00. The lowest BCUT2D eigenvalue weighted by Gasteiger charge is -2.43. The zero-order chi connectivity index (χ0) is 13.6. The molecule has 0 saturated carbocycles. The Morgan fingerprint density at radius 1 is 1.28 bits per heavy atom. The minimum absolute atomic E-state index is 0.519. The number of unbranched alkanes of at least 4 members (excludes halogenated alkanes) is 4. The molecule has 1 aliphatic heterocycles. The molecule has 0 aromatic heterocycles. The van der Waals surface area contributed by atoms with Crippen molar-refractivity contribution < 1.29 is 10.2 Å². The summed E-state index contributed by atoms with van der Waals surface area (Å²) in [5.74, 6) is 0. The first kappa shape index (κ1) is 15.9. The average Bonchev–Trinajstić information content (AvgIpc) is 2.32. The third-order valence-corrected chi connectivity index (χ3v) is 4.28. The van der Waals surface area contributed by atoms with E-state index in [2.05, 4.69) is 18.7 Å². The molecule has 0 radical (unpaired) electrons. The number of hydrogen-bond donors (Lipinski definition) is 2. The van der Waals surface area contributed by atoms with Crippen LogP contribution in [0.1, 0.15) is 65.7 Å². The second-order valence-electron chi connectivity index (χ2n) is 6.18. The van der Waals surface area contributed by atoms with Crippen molar-refractivity contribution in [2.45, 2.75) is 83.5 Å². The van der Waals surface area contributed by atoms with E-state index in [1.54, 1.807) is 6.92 Å². The number of aliphatic hydroxyl groups excluding tert-OH is 1. The molecule has 1 fully saturated rings. The summed E-state index contributed by atoms with van der Waals surface area (Å²) in [6.07, 6.45) is 7.92. The average molecular weight is 257 g/mol. The monoisotopic (exact) mass is 257 g/mol. The van der Waals surface area contributed by atoms with Gasteiger partial charge in [-0.1, -0.05) is 39.0 Å². The molecule has 0 aromatic rings. The van der Waals surface area contributed by atoms with E-state index in [0.717, 1.165) is 6.54 Å². The Balaban J connectivity index is 2.23. The van der Waals surface area contributed by atoms with Gasteiger partial charge in [0.1, 0.15) is 5.60 Å². The van der Waals surface area contributed by atoms with Crippen molar-refractivity contribution in [2.75, 3.05) is 13.1 Å². The van der Waals surface area contributed by atoms with Gasteiger partial charge in [0.2, 0.25) is 0 Å². The second-order valence-corrected chi connectivity index (χ2v) is 6.18. The number of β-amino-alcohol motifs (C(OH)–C–C–N with tert-alkyl or cyclic N) is 1. The van der Waals surface area contributed by atoms with E-state index in [4.69, 9.17) is 0 Å². The lowest BCUT2D eigenvalue weighted by molar-refractivity contribution is -0.116. The topological polar surface area (TPSA) is 43.7 Å². The molecule has 0 spiro atoms. The van der Waals surface area contributed by atoms with Crippen molar-refractivity contribution in [3.05, 3.63) is 0 Å². The van der Waals surface area contributed by atoms with Crippen LogP contribution in [0.2, 0.25) is 0 Å². The summed E-state index contributed by atoms with van der Waals surface area (Å²) in [5.41, 5.74) is -0.936. The Bertz CT molecular complexity index is 231. The van der Waals surface area contributed by atoms with Gasteiger partial charge >= 0.3 is 0 Å². The van der Waals surface area contributed by atoms with Crippen LogP contribution in [0.25, 0.3) is 0 Å². The number of rotatable bonds is 7. The first-order chi connectivity index (χ1) is 8.47. The highest BCUT2D eigenvalue weighted by molar-refractivity contribution is 4.91. The molecule has 3 atom stereocenters. The normalized spacial score (nSPS) is 31.5. The molecule has 2 N–H and O–H groups in total. The van der Waals surface area contributed by atoms with Gasteiger partial charge in [-0.3, -0.25) is 4.90 Å². The quantitative estimate of drug-likeness (QED) is 0.689.